The molecule has 1 unspecified atom stereocenters. The molecule has 1 saturated heterocycles. The molecule has 1 aromatic rings. The molecule has 0 bridgehead atoms. The molecular weight excluding hydrogens is 340 g/mol. The lowest BCUT2D eigenvalue weighted by Gasteiger charge is -2.32. The van der Waals surface area contributed by atoms with E-state index in [9.17, 15) is 8.42 Å². The molecule has 4 nitrogen and oxygen atoms in total. The van der Waals surface area contributed by atoms with Crippen molar-refractivity contribution in [3.8, 4) is 0 Å². The molecule has 0 spiro atoms. The SMILES string of the molecule is CNC1CCCN(S(=O)(=O)c2c(C)cc(Br)cc2C)C1. The third kappa shape index (κ3) is 3.08. The average Bonchev–Trinajstić information content (AvgIpc) is 2.37. The summed E-state index contributed by atoms with van der Waals surface area (Å²) in [5.74, 6) is 0. The Kier molecular flexibility index (Phi) is 4.89. The number of halogens is 1. The highest BCUT2D eigenvalue weighted by Gasteiger charge is 2.31. The molecule has 1 aliphatic rings. The fourth-order valence-electron chi connectivity index (χ4n) is 2.83. The van der Waals surface area contributed by atoms with Crippen molar-refractivity contribution in [1.29, 1.82) is 0 Å². The second-order valence-corrected chi connectivity index (χ2v) is 8.15. The number of hydrogen-bond acceptors (Lipinski definition) is 3. The molecule has 1 aliphatic heterocycles. The van der Waals surface area contributed by atoms with Crippen LogP contribution >= 0.6 is 15.9 Å². The van der Waals surface area contributed by atoms with E-state index in [1.807, 2.05) is 33.0 Å². The van der Waals surface area contributed by atoms with Gasteiger partial charge in [-0.15, -0.1) is 0 Å². The monoisotopic (exact) mass is 360 g/mol. The van der Waals surface area contributed by atoms with Crippen molar-refractivity contribution in [2.45, 2.75) is 37.6 Å². The van der Waals surface area contributed by atoms with Crippen LogP contribution in [0.4, 0.5) is 0 Å². The van der Waals surface area contributed by atoms with E-state index in [4.69, 9.17) is 0 Å². The highest BCUT2D eigenvalue weighted by Crippen LogP contribution is 2.28. The fraction of sp³-hybridized carbons (Fsp3) is 0.571. The van der Waals surface area contributed by atoms with Gasteiger partial charge in [0.05, 0.1) is 4.90 Å². The Morgan fingerprint density at radius 1 is 1.30 bits per heavy atom. The minimum Gasteiger partial charge on any atom is -0.316 e. The van der Waals surface area contributed by atoms with Gasteiger partial charge in [0.2, 0.25) is 10.0 Å². The molecule has 0 saturated carbocycles. The van der Waals surface area contributed by atoms with Gasteiger partial charge in [-0.3, -0.25) is 0 Å². The highest BCUT2D eigenvalue weighted by atomic mass is 79.9. The molecule has 0 radical (unpaired) electrons. The van der Waals surface area contributed by atoms with E-state index in [2.05, 4.69) is 21.2 Å². The Balaban J connectivity index is 2.40. The van der Waals surface area contributed by atoms with Crippen LogP contribution in [-0.4, -0.2) is 38.9 Å². The Bertz CT molecular complexity index is 578. The molecule has 0 amide bonds. The van der Waals surface area contributed by atoms with Crippen molar-refractivity contribution in [3.05, 3.63) is 27.7 Å². The van der Waals surface area contributed by atoms with E-state index < -0.39 is 10.0 Å². The molecule has 0 aliphatic carbocycles. The Morgan fingerprint density at radius 3 is 2.45 bits per heavy atom. The predicted molar refractivity (Wildman–Crippen MR) is 84.5 cm³/mol. The van der Waals surface area contributed by atoms with Crippen molar-refractivity contribution >= 4 is 26.0 Å². The molecule has 2 rings (SSSR count). The van der Waals surface area contributed by atoms with Gasteiger partial charge in [-0.05, 0) is 57.0 Å². The molecular formula is C14H21BrN2O2S. The maximum Gasteiger partial charge on any atom is 0.243 e. The average molecular weight is 361 g/mol. The van der Waals surface area contributed by atoms with Crippen LogP contribution in [0.15, 0.2) is 21.5 Å². The summed E-state index contributed by atoms with van der Waals surface area (Å²) in [5.41, 5.74) is 1.59. The minimum absolute atomic E-state index is 0.245. The fourth-order valence-corrected chi connectivity index (χ4v) is 5.45. The smallest absolute Gasteiger partial charge is 0.243 e. The number of aryl methyl sites for hydroxylation is 2. The zero-order valence-corrected chi connectivity index (χ0v) is 14.5. The van der Waals surface area contributed by atoms with Gasteiger partial charge in [0.15, 0.2) is 0 Å². The van der Waals surface area contributed by atoms with Crippen LogP contribution in [0.3, 0.4) is 0 Å². The van der Waals surface area contributed by atoms with Gasteiger partial charge in [-0.2, -0.15) is 4.31 Å². The van der Waals surface area contributed by atoms with Crippen molar-refractivity contribution in [2.75, 3.05) is 20.1 Å². The zero-order chi connectivity index (χ0) is 14.9. The van der Waals surface area contributed by atoms with Crippen molar-refractivity contribution in [3.63, 3.8) is 0 Å². The minimum atomic E-state index is -3.41. The molecule has 1 aromatic carbocycles. The zero-order valence-electron chi connectivity index (χ0n) is 12.1. The number of likely N-dealkylation sites (N-methyl/N-ethyl adjacent to an activating group) is 1. The normalized spacial score (nSPS) is 21.1. The van der Waals surface area contributed by atoms with Crippen LogP contribution < -0.4 is 5.32 Å². The van der Waals surface area contributed by atoms with Gasteiger partial charge in [0.1, 0.15) is 0 Å². The molecule has 6 heteroatoms. The first-order valence-corrected chi connectivity index (χ1v) is 9.03. The Labute approximate surface area is 129 Å². The first kappa shape index (κ1) is 15.9. The topological polar surface area (TPSA) is 49.4 Å². The van der Waals surface area contributed by atoms with E-state index in [0.717, 1.165) is 28.4 Å². The first-order valence-electron chi connectivity index (χ1n) is 6.80. The van der Waals surface area contributed by atoms with Crippen LogP contribution in [0.5, 0.6) is 0 Å². The summed E-state index contributed by atoms with van der Waals surface area (Å²) < 4.78 is 28.3. The Morgan fingerprint density at radius 2 is 1.90 bits per heavy atom. The van der Waals surface area contributed by atoms with Crippen molar-refractivity contribution in [1.82, 2.24) is 9.62 Å². The first-order chi connectivity index (χ1) is 9.36. The van der Waals surface area contributed by atoms with Gasteiger partial charge < -0.3 is 5.32 Å². The second-order valence-electron chi connectivity index (χ2n) is 5.36. The largest absolute Gasteiger partial charge is 0.316 e. The van der Waals surface area contributed by atoms with Crippen LogP contribution in [0, 0.1) is 13.8 Å². The highest BCUT2D eigenvalue weighted by molar-refractivity contribution is 9.10. The van der Waals surface area contributed by atoms with E-state index >= 15 is 0 Å². The number of sulfonamides is 1. The molecule has 112 valence electrons. The quantitative estimate of drug-likeness (QED) is 0.900. The summed E-state index contributed by atoms with van der Waals surface area (Å²) in [6, 6.07) is 3.97. The standard InChI is InChI=1S/C14H21BrN2O2S/c1-10-7-12(15)8-11(2)14(10)20(18,19)17-6-4-5-13(9-17)16-3/h7-8,13,16H,4-6,9H2,1-3H3. The number of nitrogens with zero attached hydrogens (tertiary/aromatic N) is 1. The number of nitrogens with one attached hydrogen (secondary N) is 1. The van der Waals surface area contributed by atoms with E-state index in [-0.39, 0.29) is 6.04 Å². The van der Waals surface area contributed by atoms with E-state index in [1.165, 1.54) is 0 Å². The maximum atomic E-state index is 12.9. The lowest BCUT2D eigenvalue weighted by molar-refractivity contribution is 0.292. The second kappa shape index (κ2) is 6.13. The Hall–Kier alpha value is -0.430. The molecule has 1 N–H and O–H groups in total. The summed E-state index contributed by atoms with van der Waals surface area (Å²) in [5, 5.41) is 3.18. The van der Waals surface area contributed by atoms with Gasteiger partial charge in [0.25, 0.3) is 0 Å². The van der Waals surface area contributed by atoms with Gasteiger partial charge in [-0.25, -0.2) is 8.42 Å². The van der Waals surface area contributed by atoms with Crippen LogP contribution in [0.25, 0.3) is 0 Å². The third-order valence-electron chi connectivity index (χ3n) is 3.82. The molecule has 1 atom stereocenters. The number of rotatable bonds is 3. The maximum absolute atomic E-state index is 12.9. The summed E-state index contributed by atoms with van der Waals surface area (Å²) in [4.78, 5) is 0.456. The van der Waals surface area contributed by atoms with Crippen LogP contribution in [-0.2, 0) is 10.0 Å². The van der Waals surface area contributed by atoms with Crippen LogP contribution in [0.2, 0.25) is 0 Å². The predicted octanol–water partition coefficient (Wildman–Crippen LogP) is 2.44. The molecule has 1 fully saturated rings. The van der Waals surface area contributed by atoms with Crippen molar-refractivity contribution in [2.24, 2.45) is 0 Å². The van der Waals surface area contributed by atoms with Gasteiger partial charge in [0, 0.05) is 23.6 Å². The lowest BCUT2D eigenvalue weighted by atomic mass is 10.1. The lowest BCUT2D eigenvalue weighted by Crippen LogP contribution is -2.47. The summed E-state index contributed by atoms with van der Waals surface area (Å²) in [7, 11) is -1.52. The molecule has 20 heavy (non-hydrogen) atoms. The number of hydrogen-bond donors (Lipinski definition) is 1. The summed E-state index contributed by atoms with van der Waals surface area (Å²) in [6.07, 6.45) is 1.93. The molecule has 0 aromatic heterocycles. The van der Waals surface area contributed by atoms with Gasteiger partial charge in [-0.1, -0.05) is 15.9 Å². The van der Waals surface area contributed by atoms with E-state index in [0.29, 0.717) is 18.0 Å². The van der Waals surface area contributed by atoms with Gasteiger partial charge >= 0.3 is 0 Å². The number of piperidine rings is 1. The summed E-state index contributed by atoms with van der Waals surface area (Å²) >= 11 is 3.41. The number of benzene rings is 1. The van der Waals surface area contributed by atoms with Crippen molar-refractivity contribution < 1.29 is 8.42 Å². The van der Waals surface area contributed by atoms with Crippen LogP contribution in [0.1, 0.15) is 24.0 Å². The molecule has 1 heterocycles. The summed E-state index contributed by atoms with van der Waals surface area (Å²) in [6.45, 7) is 4.86. The van der Waals surface area contributed by atoms with E-state index in [1.54, 1.807) is 4.31 Å². The third-order valence-corrected chi connectivity index (χ3v) is 6.44.